The molecule has 9 nitrogen and oxygen atoms in total. The molecule has 0 aliphatic heterocycles. The van der Waals surface area contributed by atoms with E-state index in [-0.39, 0.29) is 5.56 Å². The molecule has 0 aliphatic rings. The highest BCUT2D eigenvalue weighted by Gasteiger charge is 2.30. The van der Waals surface area contributed by atoms with E-state index in [1.807, 2.05) is 0 Å². The van der Waals surface area contributed by atoms with Gasteiger partial charge in [-0.3, -0.25) is 13.9 Å². The van der Waals surface area contributed by atoms with Crippen molar-refractivity contribution in [2.24, 2.45) is 4.99 Å². The number of nitrogens with one attached hydrogen (secondary N) is 1. The zero-order valence-electron chi connectivity index (χ0n) is 14.7. The molecule has 0 bridgehead atoms. The van der Waals surface area contributed by atoms with Crippen LogP contribution in [0.1, 0.15) is 18.1 Å². The van der Waals surface area contributed by atoms with Gasteiger partial charge in [-0.2, -0.15) is 21.8 Å². The molecule has 2 aromatic rings. The molecule has 1 amide bonds. The first kappa shape index (κ1) is 22.6. The number of amides is 1. The summed E-state index contributed by atoms with van der Waals surface area (Å²) in [6, 6.07) is 8.76. The van der Waals surface area contributed by atoms with Gasteiger partial charge < -0.3 is 5.32 Å². The van der Waals surface area contributed by atoms with Crippen LogP contribution in [0.15, 0.2) is 51.2 Å². The Morgan fingerprint density at radius 3 is 2.07 bits per heavy atom. The fourth-order valence-corrected chi connectivity index (χ4v) is 4.68. The third-order valence-electron chi connectivity index (χ3n) is 3.49. The van der Waals surface area contributed by atoms with Crippen molar-refractivity contribution in [3.8, 4) is 0 Å². The second-order valence-electron chi connectivity index (χ2n) is 5.62. The lowest BCUT2D eigenvalue weighted by Gasteiger charge is -2.13. The molecule has 0 radical (unpaired) electrons. The van der Waals surface area contributed by atoms with Gasteiger partial charge in [-0.25, -0.2) is 0 Å². The van der Waals surface area contributed by atoms with Crippen molar-refractivity contribution in [3.05, 3.63) is 47.5 Å². The van der Waals surface area contributed by atoms with E-state index in [4.69, 9.17) is 0 Å². The van der Waals surface area contributed by atoms with Gasteiger partial charge in [0.15, 0.2) is 0 Å². The third kappa shape index (κ3) is 5.87. The average molecular weight is 455 g/mol. The van der Waals surface area contributed by atoms with Crippen molar-refractivity contribution in [3.63, 3.8) is 0 Å². The second kappa shape index (κ2) is 8.74. The Kier molecular flexibility index (Phi) is 6.80. The maximum atomic E-state index is 11.9. The van der Waals surface area contributed by atoms with E-state index >= 15 is 0 Å². The predicted octanol–water partition coefficient (Wildman–Crippen LogP) is 3.04. The number of rotatable bonds is 6. The number of nitrogens with zero attached hydrogens (tertiary/aromatic N) is 1. The van der Waals surface area contributed by atoms with E-state index in [9.17, 15) is 30.7 Å². The number of thiocarbonyl (C=S) groups is 1. The molecule has 0 saturated heterocycles. The number of anilines is 1. The molecule has 12 heteroatoms. The van der Waals surface area contributed by atoms with Gasteiger partial charge in [0, 0.05) is 6.92 Å². The summed E-state index contributed by atoms with van der Waals surface area (Å²) in [5.74, 6) is -0.710. The van der Waals surface area contributed by atoms with Crippen molar-refractivity contribution in [1.82, 2.24) is 0 Å². The zero-order chi connectivity index (χ0) is 21.8. The Labute approximate surface area is 172 Å². The van der Waals surface area contributed by atoms with Crippen LogP contribution in [-0.2, 0) is 25.0 Å². The molecule has 0 spiro atoms. The monoisotopic (exact) mass is 454 g/mol. The lowest BCUT2D eigenvalue weighted by Crippen LogP contribution is -2.16. The van der Waals surface area contributed by atoms with Crippen molar-refractivity contribution in [1.29, 1.82) is 0 Å². The van der Waals surface area contributed by atoms with Crippen LogP contribution in [0.25, 0.3) is 12.2 Å². The smallest absolute Gasteiger partial charge is 0.298 e. The summed E-state index contributed by atoms with van der Waals surface area (Å²) in [6.45, 7) is 1.06. The Bertz CT molecular complexity index is 1240. The van der Waals surface area contributed by atoms with Gasteiger partial charge in [-0.05, 0) is 41.5 Å². The summed E-state index contributed by atoms with van der Waals surface area (Å²) in [4.78, 5) is 12.9. The van der Waals surface area contributed by atoms with Gasteiger partial charge in [0.25, 0.3) is 20.2 Å². The van der Waals surface area contributed by atoms with Crippen molar-refractivity contribution in [2.45, 2.75) is 16.7 Å². The second-order valence-corrected chi connectivity index (χ2v) is 8.52. The highest BCUT2D eigenvalue weighted by atomic mass is 32.2. The molecule has 0 saturated carbocycles. The van der Waals surface area contributed by atoms with Gasteiger partial charge in [0.05, 0.1) is 16.5 Å². The molecule has 2 rings (SSSR count). The average Bonchev–Trinajstić information content (AvgIpc) is 2.59. The van der Waals surface area contributed by atoms with E-state index in [1.165, 1.54) is 18.2 Å². The lowest BCUT2D eigenvalue weighted by molar-refractivity contribution is -0.114. The lowest BCUT2D eigenvalue weighted by atomic mass is 10.1. The summed E-state index contributed by atoms with van der Waals surface area (Å²) < 4.78 is 66.5. The van der Waals surface area contributed by atoms with Gasteiger partial charge in [-0.15, -0.1) is 0 Å². The fraction of sp³-hybridized carbons (Fsp3) is 0.0588. The Morgan fingerprint density at radius 2 is 1.59 bits per heavy atom. The number of carbonyl (C=O) groups excluding carboxylic acids is 1. The summed E-state index contributed by atoms with van der Waals surface area (Å²) in [5.41, 5.74) is 0.417. The summed E-state index contributed by atoms with van der Waals surface area (Å²) in [6.07, 6.45) is 2.67. The Balaban J connectivity index is 2.68. The minimum Gasteiger partial charge on any atom is -0.325 e. The molecule has 0 atom stereocenters. The van der Waals surface area contributed by atoms with Crippen LogP contribution < -0.4 is 5.32 Å². The summed E-state index contributed by atoms with van der Waals surface area (Å²) >= 11 is 4.50. The minimum absolute atomic E-state index is 0.227. The standard InChI is InChI=1S/C17H14N2O7S3/c1-11(20)19-15-9-6-13(16(28(21,22)23)17(15)29(24,25)26)5-2-12-3-7-14(8-4-12)18-10-27/h2-9H,1H3,(H,19,20)(H,21,22,23)(H,24,25,26). The maximum Gasteiger partial charge on any atom is 0.298 e. The molecule has 0 unspecified atom stereocenters. The van der Waals surface area contributed by atoms with Crippen molar-refractivity contribution < 1.29 is 30.7 Å². The maximum absolute atomic E-state index is 11.9. The van der Waals surface area contributed by atoms with E-state index in [0.29, 0.717) is 11.3 Å². The highest BCUT2D eigenvalue weighted by Crippen LogP contribution is 2.33. The number of carbonyl (C=O) groups is 1. The van der Waals surface area contributed by atoms with E-state index in [1.54, 1.807) is 24.3 Å². The molecule has 0 heterocycles. The van der Waals surface area contributed by atoms with E-state index in [0.717, 1.165) is 13.0 Å². The Hall–Kier alpha value is -2.73. The van der Waals surface area contributed by atoms with Gasteiger partial charge in [0.2, 0.25) is 5.91 Å². The van der Waals surface area contributed by atoms with Crippen LogP contribution in [0.5, 0.6) is 0 Å². The van der Waals surface area contributed by atoms with Crippen LogP contribution in [0.3, 0.4) is 0 Å². The molecule has 152 valence electrons. The number of isothiocyanates is 1. The molecule has 3 N–H and O–H groups in total. The molecular formula is C17H14N2O7S3. The molecule has 0 fully saturated rings. The summed E-state index contributed by atoms with van der Waals surface area (Å²) in [5, 5.41) is 4.32. The number of hydrogen-bond donors (Lipinski definition) is 3. The molecular weight excluding hydrogens is 440 g/mol. The van der Waals surface area contributed by atoms with Gasteiger partial charge in [-0.1, -0.05) is 30.4 Å². The SMILES string of the molecule is CC(=O)Nc1ccc(C=Cc2ccc(N=C=S)cc2)c(S(=O)(=O)O)c1S(=O)(=O)O. The third-order valence-corrected chi connectivity index (χ3v) is 5.61. The molecule has 29 heavy (non-hydrogen) atoms. The largest absolute Gasteiger partial charge is 0.325 e. The predicted molar refractivity (Wildman–Crippen MR) is 110 cm³/mol. The molecule has 2 aromatic carbocycles. The van der Waals surface area contributed by atoms with Crippen molar-refractivity contribution >= 4 is 67.0 Å². The van der Waals surface area contributed by atoms with Crippen LogP contribution >= 0.6 is 12.2 Å². The number of benzene rings is 2. The highest BCUT2D eigenvalue weighted by molar-refractivity contribution is 7.89. The first-order valence-corrected chi connectivity index (χ1v) is 11.0. The van der Waals surface area contributed by atoms with Gasteiger partial charge >= 0.3 is 0 Å². The Morgan fingerprint density at radius 1 is 1.00 bits per heavy atom. The minimum atomic E-state index is -5.13. The van der Waals surface area contributed by atoms with Crippen molar-refractivity contribution in [2.75, 3.05) is 5.32 Å². The first-order chi connectivity index (χ1) is 13.4. The first-order valence-electron chi connectivity index (χ1n) is 7.69. The topological polar surface area (TPSA) is 150 Å². The van der Waals surface area contributed by atoms with Crippen LogP contribution in [0, 0.1) is 0 Å². The number of hydrogen-bond acceptors (Lipinski definition) is 7. The quantitative estimate of drug-likeness (QED) is 0.261. The van der Waals surface area contributed by atoms with Gasteiger partial charge in [0.1, 0.15) is 9.79 Å². The van der Waals surface area contributed by atoms with Crippen LogP contribution in [0.4, 0.5) is 11.4 Å². The van der Waals surface area contributed by atoms with E-state index < -0.39 is 41.6 Å². The van der Waals surface area contributed by atoms with Crippen LogP contribution in [-0.4, -0.2) is 37.0 Å². The molecule has 0 aromatic heterocycles. The number of aliphatic imine (C=N–C) groups is 1. The normalized spacial score (nSPS) is 11.8. The summed E-state index contributed by atoms with van der Waals surface area (Å²) in [7, 11) is -10.2. The van der Waals surface area contributed by atoms with Crippen LogP contribution in [0.2, 0.25) is 0 Å². The van der Waals surface area contributed by atoms with E-state index in [2.05, 4.69) is 27.7 Å². The zero-order valence-corrected chi connectivity index (χ0v) is 17.2. The molecule has 0 aliphatic carbocycles. The fourth-order valence-electron chi connectivity index (χ4n) is 2.42.